The molecule has 0 amide bonds. The molecule has 17 heavy (non-hydrogen) atoms. The summed E-state index contributed by atoms with van der Waals surface area (Å²) >= 11 is 0. The number of rotatable bonds is 4. The van der Waals surface area contributed by atoms with Crippen LogP contribution >= 0.6 is 0 Å². The van der Waals surface area contributed by atoms with Gasteiger partial charge in [0.1, 0.15) is 0 Å². The van der Waals surface area contributed by atoms with Gasteiger partial charge in [-0.05, 0) is 50.6 Å². The molecule has 3 nitrogen and oxygen atoms in total. The molecule has 92 valence electrons. The predicted octanol–water partition coefficient (Wildman–Crippen LogP) is 2.12. The summed E-state index contributed by atoms with van der Waals surface area (Å²) in [5.74, 6) is 0. The zero-order valence-electron chi connectivity index (χ0n) is 10.2. The summed E-state index contributed by atoms with van der Waals surface area (Å²) < 4.78 is 23.9. The van der Waals surface area contributed by atoms with E-state index in [0.29, 0.717) is 4.90 Å². The Kier molecular flexibility index (Phi) is 3.35. The fourth-order valence-electron chi connectivity index (χ4n) is 2.24. The average Bonchev–Trinajstić information content (AvgIpc) is 2.53. The lowest BCUT2D eigenvalue weighted by Crippen LogP contribution is -2.07. The molecule has 0 radical (unpaired) electrons. The second-order valence-corrected chi connectivity index (χ2v) is 6.11. The maximum atomic E-state index is 12.0. The normalized spacial score (nSPS) is 16.7. The largest absolute Gasteiger partial charge is 0.320 e. The minimum absolute atomic E-state index is 0.469. The summed E-state index contributed by atoms with van der Waals surface area (Å²) in [6.07, 6.45) is 1.75. The zero-order valence-corrected chi connectivity index (χ0v) is 11.0. The third-order valence-electron chi connectivity index (χ3n) is 3.03. The molecular formula is C13H17NO2S. The topological polar surface area (TPSA) is 46.2 Å². The average molecular weight is 251 g/mol. The number of benzene rings is 1. The van der Waals surface area contributed by atoms with Crippen LogP contribution in [0.2, 0.25) is 0 Å². The van der Waals surface area contributed by atoms with Gasteiger partial charge in [-0.25, -0.2) is 8.42 Å². The maximum Gasteiger partial charge on any atom is 0.200 e. The summed E-state index contributed by atoms with van der Waals surface area (Å²) in [5, 5.41) is 4.51. The van der Waals surface area contributed by atoms with E-state index in [1.165, 1.54) is 5.41 Å². The van der Waals surface area contributed by atoms with Crippen molar-refractivity contribution < 1.29 is 8.42 Å². The Hall–Kier alpha value is -1.13. The highest BCUT2D eigenvalue weighted by Crippen LogP contribution is 2.37. The van der Waals surface area contributed by atoms with Crippen molar-refractivity contribution in [2.45, 2.75) is 24.7 Å². The summed E-state index contributed by atoms with van der Waals surface area (Å²) in [7, 11) is -1.30. The molecule has 1 heterocycles. The van der Waals surface area contributed by atoms with E-state index in [4.69, 9.17) is 0 Å². The summed E-state index contributed by atoms with van der Waals surface area (Å²) in [5.41, 5.74) is 2.91. The second kappa shape index (κ2) is 4.63. The molecule has 0 spiro atoms. The molecule has 0 aromatic heterocycles. The van der Waals surface area contributed by atoms with Crippen molar-refractivity contribution in [3.8, 4) is 0 Å². The highest BCUT2D eigenvalue weighted by molar-refractivity contribution is 7.95. The summed E-state index contributed by atoms with van der Waals surface area (Å²) in [4.78, 5) is 0.469. The summed E-state index contributed by atoms with van der Waals surface area (Å²) in [6, 6.07) is 5.46. The molecule has 1 aromatic rings. The number of nitrogens with one attached hydrogen (secondary N) is 1. The zero-order chi connectivity index (χ0) is 12.5. The Morgan fingerprint density at radius 2 is 2.06 bits per heavy atom. The van der Waals surface area contributed by atoms with Crippen molar-refractivity contribution >= 4 is 15.4 Å². The van der Waals surface area contributed by atoms with Crippen molar-refractivity contribution in [1.82, 2.24) is 5.32 Å². The number of fused-ring (bicyclic) bond motifs is 1. The van der Waals surface area contributed by atoms with Crippen molar-refractivity contribution in [2.24, 2.45) is 0 Å². The van der Waals surface area contributed by atoms with Gasteiger partial charge in [-0.2, -0.15) is 0 Å². The van der Waals surface area contributed by atoms with Crippen molar-refractivity contribution in [3.63, 3.8) is 0 Å². The molecule has 1 aromatic carbocycles. The van der Waals surface area contributed by atoms with Gasteiger partial charge in [-0.3, -0.25) is 0 Å². The van der Waals surface area contributed by atoms with Crippen LogP contribution in [0.5, 0.6) is 0 Å². The molecule has 0 saturated carbocycles. The van der Waals surface area contributed by atoms with Crippen LogP contribution in [0.3, 0.4) is 0 Å². The molecule has 4 heteroatoms. The quantitative estimate of drug-likeness (QED) is 0.834. The van der Waals surface area contributed by atoms with Gasteiger partial charge in [-0.1, -0.05) is 12.1 Å². The van der Waals surface area contributed by atoms with Gasteiger partial charge in [-0.15, -0.1) is 0 Å². The fraction of sp³-hybridized carbons (Fsp3) is 0.385. The minimum Gasteiger partial charge on any atom is -0.320 e. The van der Waals surface area contributed by atoms with Crippen LogP contribution in [0.15, 0.2) is 28.5 Å². The number of hydrogen-bond donors (Lipinski definition) is 1. The standard InChI is InChI=1S/C13H17NO2S/c1-10-5-3-7-12-13(10)11(6-4-8-14-2)9-17(12,15)16/h3,5,7,9,14H,4,6,8H2,1-2H3. The van der Waals surface area contributed by atoms with E-state index in [0.717, 1.165) is 36.1 Å². The number of hydrogen-bond acceptors (Lipinski definition) is 3. The van der Waals surface area contributed by atoms with Crippen LogP contribution in [0, 0.1) is 6.92 Å². The first-order valence-corrected chi connectivity index (χ1v) is 7.31. The highest BCUT2D eigenvalue weighted by Gasteiger charge is 2.27. The molecule has 0 atom stereocenters. The SMILES string of the molecule is CNCCCC1=CS(=O)(=O)c2cccc(C)c21. The van der Waals surface area contributed by atoms with Crippen LogP contribution in [0.4, 0.5) is 0 Å². The lowest BCUT2D eigenvalue weighted by molar-refractivity contribution is 0.605. The molecule has 2 rings (SSSR count). The Morgan fingerprint density at radius 3 is 2.76 bits per heavy atom. The van der Waals surface area contributed by atoms with E-state index in [-0.39, 0.29) is 0 Å². The van der Waals surface area contributed by atoms with Gasteiger partial charge in [0, 0.05) is 11.0 Å². The molecule has 0 aliphatic carbocycles. The Labute approximate surface area is 102 Å². The molecular weight excluding hydrogens is 234 g/mol. The lowest BCUT2D eigenvalue weighted by atomic mass is 9.98. The third-order valence-corrected chi connectivity index (χ3v) is 4.58. The highest BCUT2D eigenvalue weighted by atomic mass is 32.2. The van der Waals surface area contributed by atoms with Crippen molar-refractivity contribution in [3.05, 3.63) is 34.7 Å². The number of allylic oxidation sites excluding steroid dienone is 1. The van der Waals surface area contributed by atoms with E-state index >= 15 is 0 Å². The molecule has 1 aliphatic rings. The van der Waals surface area contributed by atoms with E-state index < -0.39 is 9.84 Å². The number of aryl methyl sites for hydroxylation is 1. The van der Waals surface area contributed by atoms with Crippen LogP contribution in [0.25, 0.3) is 5.57 Å². The first-order valence-electron chi connectivity index (χ1n) is 5.76. The smallest absolute Gasteiger partial charge is 0.200 e. The molecule has 0 saturated heterocycles. The number of sulfone groups is 1. The van der Waals surface area contributed by atoms with Crippen LogP contribution < -0.4 is 5.32 Å². The van der Waals surface area contributed by atoms with E-state index in [2.05, 4.69) is 5.32 Å². The van der Waals surface area contributed by atoms with Gasteiger partial charge in [0.2, 0.25) is 9.84 Å². The van der Waals surface area contributed by atoms with Gasteiger partial charge in [0.25, 0.3) is 0 Å². The minimum atomic E-state index is -3.20. The predicted molar refractivity (Wildman–Crippen MR) is 69.5 cm³/mol. The van der Waals surface area contributed by atoms with Crippen molar-refractivity contribution in [2.75, 3.05) is 13.6 Å². The third kappa shape index (κ3) is 2.28. The monoisotopic (exact) mass is 251 g/mol. The first-order chi connectivity index (χ1) is 8.06. The van der Waals surface area contributed by atoms with E-state index in [9.17, 15) is 8.42 Å². The van der Waals surface area contributed by atoms with E-state index in [1.54, 1.807) is 12.1 Å². The first kappa shape index (κ1) is 12.3. The fourth-order valence-corrected chi connectivity index (χ4v) is 3.82. The Bertz CT molecular complexity index is 559. The van der Waals surface area contributed by atoms with Gasteiger partial charge in [0.15, 0.2) is 0 Å². The van der Waals surface area contributed by atoms with E-state index in [1.807, 2.05) is 20.0 Å². The van der Waals surface area contributed by atoms with Crippen LogP contribution in [-0.4, -0.2) is 22.0 Å². The van der Waals surface area contributed by atoms with Gasteiger partial charge < -0.3 is 5.32 Å². The Morgan fingerprint density at radius 1 is 1.29 bits per heavy atom. The van der Waals surface area contributed by atoms with Gasteiger partial charge >= 0.3 is 0 Å². The molecule has 0 unspecified atom stereocenters. The molecule has 1 N–H and O–H groups in total. The molecule has 0 fully saturated rings. The molecule has 0 bridgehead atoms. The Balaban J connectivity index is 2.38. The lowest BCUT2D eigenvalue weighted by Gasteiger charge is -2.07. The maximum absolute atomic E-state index is 12.0. The van der Waals surface area contributed by atoms with Crippen LogP contribution in [0.1, 0.15) is 24.0 Å². The van der Waals surface area contributed by atoms with Crippen molar-refractivity contribution in [1.29, 1.82) is 0 Å². The molecule has 1 aliphatic heterocycles. The van der Waals surface area contributed by atoms with Gasteiger partial charge in [0.05, 0.1) is 4.90 Å². The second-order valence-electron chi connectivity index (χ2n) is 4.34. The van der Waals surface area contributed by atoms with Crippen LogP contribution in [-0.2, 0) is 9.84 Å². The summed E-state index contributed by atoms with van der Waals surface area (Å²) in [6.45, 7) is 2.87.